The molecule has 0 aliphatic carbocycles. The quantitative estimate of drug-likeness (QED) is 0.337. The Bertz CT molecular complexity index is 590. The Balaban J connectivity index is 0.00000392. The number of nitrogens with zero attached hydrogens (tertiary/aromatic N) is 4. The molecule has 7 nitrogen and oxygen atoms in total. The molecule has 0 radical (unpaired) electrons. The molecular weight excluding hydrogens is 467 g/mol. The van der Waals surface area contributed by atoms with E-state index in [1.54, 1.807) is 0 Å². The normalized spacial score (nSPS) is 17.9. The van der Waals surface area contributed by atoms with Gasteiger partial charge in [-0.1, -0.05) is 27.7 Å². The molecule has 2 N–H and O–H groups in total. The third kappa shape index (κ3) is 8.65. The predicted molar refractivity (Wildman–Crippen MR) is 127 cm³/mol. The second kappa shape index (κ2) is 12.0. The van der Waals surface area contributed by atoms with Crippen molar-refractivity contribution in [2.45, 2.75) is 46.6 Å². The number of piperazine rings is 1. The van der Waals surface area contributed by atoms with Crippen molar-refractivity contribution in [3.05, 3.63) is 17.8 Å². The molecule has 1 saturated heterocycles. The lowest BCUT2D eigenvalue weighted by atomic mass is 9.94. The minimum absolute atomic E-state index is 0. The van der Waals surface area contributed by atoms with Crippen LogP contribution in [0.4, 0.5) is 0 Å². The Morgan fingerprint density at radius 2 is 1.93 bits per heavy atom. The van der Waals surface area contributed by atoms with Crippen molar-refractivity contribution in [1.29, 1.82) is 0 Å². The van der Waals surface area contributed by atoms with Gasteiger partial charge in [-0.3, -0.25) is 0 Å². The van der Waals surface area contributed by atoms with Gasteiger partial charge in [0.2, 0.25) is 5.89 Å². The summed E-state index contributed by atoms with van der Waals surface area (Å²) < 4.78 is 5.83. The Kier molecular flexibility index (Phi) is 10.8. The van der Waals surface area contributed by atoms with Gasteiger partial charge in [0.15, 0.2) is 5.96 Å². The average Bonchev–Trinajstić information content (AvgIpc) is 3.09. The van der Waals surface area contributed by atoms with Crippen LogP contribution >= 0.6 is 24.0 Å². The molecule has 0 amide bonds. The lowest BCUT2D eigenvalue weighted by molar-refractivity contribution is 0.139. The summed E-state index contributed by atoms with van der Waals surface area (Å²) >= 11 is 0. The third-order valence-electron chi connectivity index (χ3n) is 4.79. The Labute approximate surface area is 187 Å². The minimum Gasteiger partial charge on any atom is -0.443 e. The fraction of sp³-hybridized carbons (Fsp3) is 0.800. The lowest BCUT2D eigenvalue weighted by Crippen LogP contribution is -2.47. The van der Waals surface area contributed by atoms with Crippen LogP contribution in [0.2, 0.25) is 0 Å². The summed E-state index contributed by atoms with van der Waals surface area (Å²) in [6.45, 7) is 18.7. The van der Waals surface area contributed by atoms with Crippen LogP contribution in [0.15, 0.2) is 15.6 Å². The Morgan fingerprint density at radius 3 is 2.50 bits per heavy atom. The van der Waals surface area contributed by atoms with Gasteiger partial charge >= 0.3 is 0 Å². The summed E-state index contributed by atoms with van der Waals surface area (Å²) in [6.07, 6.45) is 1.81. The Morgan fingerprint density at radius 1 is 1.25 bits per heavy atom. The number of likely N-dealkylation sites (N-methyl/N-ethyl adjacent to an activating group) is 1. The molecule has 0 aromatic carbocycles. The van der Waals surface area contributed by atoms with Crippen molar-refractivity contribution in [3.63, 3.8) is 0 Å². The highest BCUT2D eigenvalue weighted by molar-refractivity contribution is 14.0. The van der Waals surface area contributed by atoms with E-state index >= 15 is 0 Å². The highest BCUT2D eigenvalue weighted by Crippen LogP contribution is 2.22. The first-order chi connectivity index (χ1) is 12.8. The molecule has 0 saturated carbocycles. The molecule has 1 unspecified atom stereocenters. The van der Waals surface area contributed by atoms with Crippen LogP contribution < -0.4 is 10.6 Å². The molecular formula is C20H39IN6O. The number of halogens is 1. The van der Waals surface area contributed by atoms with Gasteiger partial charge in [0.1, 0.15) is 12.3 Å². The van der Waals surface area contributed by atoms with Gasteiger partial charge in [-0.05, 0) is 19.9 Å². The van der Waals surface area contributed by atoms with E-state index in [2.05, 4.69) is 72.1 Å². The first-order valence-corrected chi connectivity index (χ1v) is 10.2. The summed E-state index contributed by atoms with van der Waals surface area (Å²) in [6, 6.07) is 0. The van der Waals surface area contributed by atoms with E-state index in [1.807, 2.05) is 6.20 Å². The summed E-state index contributed by atoms with van der Waals surface area (Å²) in [7, 11) is 2.19. The monoisotopic (exact) mass is 506 g/mol. The van der Waals surface area contributed by atoms with Gasteiger partial charge in [0.05, 0.1) is 6.20 Å². The Hall–Kier alpha value is -0.870. The van der Waals surface area contributed by atoms with Gasteiger partial charge < -0.3 is 24.9 Å². The molecule has 0 bridgehead atoms. The zero-order valence-corrected chi connectivity index (χ0v) is 20.7. The van der Waals surface area contributed by atoms with Crippen LogP contribution in [0.1, 0.15) is 46.3 Å². The second-order valence-electron chi connectivity index (χ2n) is 8.65. The van der Waals surface area contributed by atoms with Crippen LogP contribution in [0, 0.1) is 5.92 Å². The maximum Gasteiger partial charge on any atom is 0.216 e. The number of nitrogens with one attached hydrogen (secondary N) is 2. The minimum atomic E-state index is -0.0313. The van der Waals surface area contributed by atoms with E-state index < -0.39 is 0 Å². The zero-order valence-electron chi connectivity index (χ0n) is 18.4. The predicted octanol–water partition coefficient (Wildman–Crippen LogP) is 2.53. The fourth-order valence-electron chi connectivity index (χ4n) is 3.03. The topological polar surface area (TPSA) is 68.9 Å². The number of oxazole rings is 1. The van der Waals surface area contributed by atoms with Gasteiger partial charge in [0, 0.05) is 51.2 Å². The summed E-state index contributed by atoms with van der Waals surface area (Å²) in [4.78, 5) is 13.9. The summed E-state index contributed by atoms with van der Waals surface area (Å²) in [5, 5.41) is 6.76. The zero-order chi connectivity index (χ0) is 19.9. The molecule has 1 fully saturated rings. The maximum absolute atomic E-state index is 5.83. The van der Waals surface area contributed by atoms with E-state index in [9.17, 15) is 0 Å². The van der Waals surface area contributed by atoms with Crippen molar-refractivity contribution in [2.75, 3.05) is 52.9 Å². The number of aliphatic imine (C=N–C) groups is 1. The van der Waals surface area contributed by atoms with Crippen molar-refractivity contribution >= 4 is 29.9 Å². The van der Waals surface area contributed by atoms with Crippen LogP contribution in [-0.4, -0.2) is 73.6 Å². The first-order valence-electron chi connectivity index (χ1n) is 10.2. The van der Waals surface area contributed by atoms with E-state index in [1.165, 1.54) is 0 Å². The molecule has 2 heterocycles. The van der Waals surface area contributed by atoms with E-state index in [0.717, 1.165) is 57.5 Å². The molecule has 8 heteroatoms. The molecule has 1 atom stereocenters. The first kappa shape index (κ1) is 25.2. The summed E-state index contributed by atoms with van der Waals surface area (Å²) in [5.41, 5.74) is -0.0313. The molecule has 1 aromatic heterocycles. The SMILES string of the molecule is CCNC(=NCc1ncc(C(C)(C)C)o1)NCC(C)CN1CCN(C)CC1.I. The fourth-order valence-corrected chi connectivity index (χ4v) is 3.03. The maximum atomic E-state index is 5.83. The number of hydrogen-bond donors (Lipinski definition) is 2. The highest BCUT2D eigenvalue weighted by atomic mass is 127. The van der Waals surface area contributed by atoms with Crippen LogP contribution in [-0.2, 0) is 12.0 Å². The van der Waals surface area contributed by atoms with E-state index in [0.29, 0.717) is 18.4 Å². The molecule has 28 heavy (non-hydrogen) atoms. The average molecular weight is 506 g/mol. The van der Waals surface area contributed by atoms with Gasteiger partial charge in [-0.2, -0.15) is 0 Å². The molecule has 1 aliphatic rings. The number of guanidine groups is 1. The smallest absolute Gasteiger partial charge is 0.216 e. The molecule has 2 rings (SSSR count). The molecule has 1 aliphatic heterocycles. The summed E-state index contributed by atoms with van der Waals surface area (Å²) in [5.74, 6) is 2.93. The van der Waals surface area contributed by atoms with Crippen LogP contribution in [0.5, 0.6) is 0 Å². The molecule has 0 spiro atoms. The van der Waals surface area contributed by atoms with Crippen molar-refractivity contribution in [3.8, 4) is 0 Å². The second-order valence-corrected chi connectivity index (χ2v) is 8.65. The standard InChI is InChI=1S/C20H38N6O.HI/c1-7-21-19(24-14-18-22-13-17(27-18)20(3,4)5)23-12-16(2)15-26-10-8-25(6)9-11-26;/h13,16H,7-12,14-15H2,1-6H3,(H2,21,23,24);1H. The van der Waals surface area contributed by atoms with E-state index in [-0.39, 0.29) is 29.4 Å². The van der Waals surface area contributed by atoms with Crippen molar-refractivity contribution in [2.24, 2.45) is 10.9 Å². The van der Waals surface area contributed by atoms with Crippen molar-refractivity contribution < 1.29 is 4.42 Å². The van der Waals surface area contributed by atoms with Gasteiger partial charge in [-0.25, -0.2) is 9.98 Å². The highest BCUT2D eigenvalue weighted by Gasteiger charge is 2.19. The number of hydrogen-bond acceptors (Lipinski definition) is 5. The lowest BCUT2D eigenvalue weighted by Gasteiger charge is -2.34. The third-order valence-corrected chi connectivity index (χ3v) is 4.79. The molecule has 162 valence electrons. The number of aromatic nitrogens is 1. The van der Waals surface area contributed by atoms with E-state index in [4.69, 9.17) is 4.42 Å². The van der Waals surface area contributed by atoms with Crippen LogP contribution in [0.25, 0.3) is 0 Å². The van der Waals surface area contributed by atoms with Gasteiger partial charge in [0.25, 0.3) is 0 Å². The van der Waals surface area contributed by atoms with Crippen molar-refractivity contribution in [1.82, 2.24) is 25.4 Å². The number of rotatable bonds is 7. The van der Waals surface area contributed by atoms with Crippen LogP contribution in [0.3, 0.4) is 0 Å². The largest absolute Gasteiger partial charge is 0.443 e. The molecule has 1 aromatic rings. The van der Waals surface area contributed by atoms with Gasteiger partial charge in [-0.15, -0.1) is 24.0 Å².